The molecule has 0 unspecified atom stereocenters. The molecule has 0 bridgehead atoms. The monoisotopic (exact) mass is 464 g/mol. The molecule has 3 aliphatic rings. The Hall–Kier alpha value is -2.97. The highest BCUT2D eigenvalue weighted by molar-refractivity contribution is 5.76. The predicted octanol–water partition coefficient (Wildman–Crippen LogP) is 2.44. The maximum atomic E-state index is 14.4. The second-order valence-electron chi connectivity index (χ2n) is 9.73. The summed E-state index contributed by atoms with van der Waals surface area (Å²) < 4.78 is 23.4. The summed E-state index contributed by atoms with van der Waals surface area (Å²) in [4.78, 5) is 27.4. The highest BCUT2D eigenvalue weighted by Gasteiger charge is 2.29. The maximum absolute atomic E-state index is 14.4. The summed E-state index contributed by atoms with van der Waals surface area (Å²) >= 11 is 0. The van der Waals surface area contributed by atoms with Gasteiger partial charge in [-0.3, -0.25) is 18.7 Å². The molecule has 2 aromatic heterocycles. The molecular formula is C26H29FN4O3. The zero-order valence-corrected chi connectivity index (χ0v) is 19.1. The van der Waals surface area contributed by atoms with Crippen molar-refractivity contribution in [1.29, 1.82) is 0 Å². The molecule has 3 aliphatic heterocycles. The number of benzene rings is 1. The van der Waals surface area contributed by atoms with Gasteiger partial charge < -0.3 is 15.0 Å². The van der Waals surface area contributed by atoms with Crippen molar-refractivity contribution >= 4 is 11.0 Å². The summed E-state index contributed by atoms with van der Waals surface area (Å²) in [6.45, 7) is 4.39. The van der Waals surface area contributed by atoms with E-state index in [2.05, 4.69) is 16.3 Å². The topological polar surface area (TPSA) is 68.5 Å². The number of rotatable bonds is 5. The molecule has 0 spiro atoms. The third-order valence-corrected chi connectivity index (χ3v) is 7.48. The van der Waals surface area contributed by atoms with Gasteiger partial charge in [-0.25, -0.2) is 4.39 Å². The fraction of sp³-hybridized carbons (Fsp3) is 0.462. The van der Waals surface area contributed by atoms with Crippen LogP contribution < -0.4 is 21.2 Å². The Balaban J connectivity index is 1.07. The number of aromatic nitrogens is 2. The minimum atomic E-state index is -0.259. The van der Waals surface area contributed by atoms with Gasteiger partial charge in [-0.2, -0.15) is 0 Å². The van der Waals surface area contributed by atoms with Crippen molar-refractivity contribution in [3.63, 3.8) is 0 Å². The van der Waals surface area contributed by atoms with E-state index in [4.69, 9.17) is 4.74 Å². The van der Waals surface area contributed by atoms with E-state index in [0.29, 0.717) is 31.5 Å². The van der Waals surface area contributed by atoms with Crippen LogP contribution in [0.5, 0.6) is 5.75 Å². The van der Waals surface area contributed by atoms with E-state index >= 15 is 0 Å². The van der Waals surface area contributed by atoms with Crippen LogP contribution in [0, 0.1) is 5.82 Å². The molecule has 1 N–H and O–H groups in total. The minimum Gasteiger partial charge on any atom is -0.490 e. The molecule has 34 heavy (non-hydrogen) atoms. The van der Waals surface area contributed by atoms with Gasteiger partial charge >= 0.3 is 0 Å². The van der Waals surface area contributed by atoms with Gasteiger partial charge in [0, 0.05) is 43.2 Å². The number of hydrogen-bond donors (Lipinski definition) is 1. The Kier molecular flexibility index (Phi) is 5.50. The Labute approximate surface area is 196 Å². The first-order valence-corrected chi connectivity index (χ1v) is 12.2. The third kappa shape index (κ3) is 3.84. The normalized spacial score (nSPS) is 20.4. The molecule has 1 saturated heterocycles. The fourth-order valence-corrected chi connectivity index (χ4v) is 5.77. The Morgan fingerprint density at radius 2 is 1.85 bits per heavy atom. The van der Waals surface area contributed by atoms with E-state index < -0.39 is 0 Å². The summed E-state index contributed by atoms with van der Waals surface area (Å²) in [5.41, 5.74) is 2.57. The minimum absolute atomic E-state index is 0.0310. The van der Waals surface area contributed by atoms with Crippen molar-refractivity contribution in [2.45, 2.75) is 50.9 Å². The van der Waals surface area contributed by atoms with Crippen LogP contribution in [0.4, 0.5) is 4.39 Å². The lowest BCUT2D eigenvalue weighted by atomic mass is 10.0. The van der Waals surface area contributed by atoms with E-state index in [-0.39, 0.29) is 23.0 Å². The zero-order chi connectivity index (χ0) is 23.2. The molecule has 1 fully saturated rings. The van der Waals surface area contributed by atoms with Gasteiger partial charge in [-0.1, -0.05) is 6.07 Å². The molecule has 8 heteroatoms. The number of nitrogens with zero attached hydrogens (tertiary/aromatic N) is 3. The molecule has 1 atom stereocenters. The maximum Gasteiger partial charge on any atom is 0.252 e. The van der Waals surface area contributed by atoms with Gasteiger partial charge in [0.15, 0.2) is 11.6 Å². The number of aryl methyl sites for hydroxylation is 1. The summed E-state index contributed by atoms with van der Waals surface area (Å²) in [5.74, 6) is 0.167. The second kappa shape index (κ2) is 8.67. The molecule has 5 heterocycles. The Morgan fingerprint density at radius 1 is 1.06 bits per heavy atom. The third-order valence-electron chi connectivity index (χ3n) is 7.48. The number of hydrogen-bond acceptors (Lipinski definition) is 5. The molecule has 0 radical (unpaired) electrons. The smallest absolute Gasteiger partial charge is 0.252 e. The van der Waals surface area contributed by atoms with E-state index in [1.165, 1.54) is 0 Å². The molecule has 0 amide bonds. The molecule has 0 aliphatic carbocycles. The lowest BCUT2D eigenvalue weighted by molar-refractivity contribution is 0.171. The van der Waals surface area contributed by atoms with Crippen LogP contribution >= 0.6 is 0 Å². The highest BCUT2D eigenvalue weighted by atomic mass is 19.1. The average molecular weight is 465 g/mol. The second-order valence-corrected chi connectivity index (χ2v) is 9.73. The average Bonchev–Trinajstić information content (AvgIpc) is 3.24. The first-order valence-electron chi connectivity index (χ1n) is 12.2. The Morgan fingerprint density at radius 3 is 2.68 bits per heavy atom. The van der Waals surface area contributed by atoms with Crippen LogP contribution in [0.25, 0.3) is 11.0 Å². The molecule has 1 aromatic carbocycles. The van der Waals surface area contributed by atoms with Crippen LogP contribution in [-0.4, -0.2) is 46.3 Å². The summed E-state index contributed by atoms with van der Waals surface area (Å²) in [6.07, 6.45) is 3.79. The number of likely N-dealkylation sites (tertiary alicyclic amines) is 1. The van der Waals surface area contributed by atoms with Gasteiger partial charge in [0.05, 0.1) is 12.6 Å². The van der Waals surface area contributed by atoms with Gasteiger partial charge in [0.25, 0.3) is 11.1 Å². The molecule has 7 nitrogen and oxygen atoms in total. The van der Waals surface area contributed by atoms with Crippen LogP contribution in [0.3, 0.4) is 0 Å². The van der Waals surface area contributed by atoms with E-state index in [1.807, 2.05) is 0 Å². The summed E-state index contributed by atoms with van der Waals surface area (Å²) in [7, 11) is 0. The van der Waals surface area contributed by atoms with E-state index in [1.54, 1.807) is 39.5 Å². The standard InChI is InChI=1S/C26H29FN4O3/c27-22-13-17(12-19-2-1-11-34-25(19)22)14-28-20-7-9-29(10-8-20)15-21-16-30-23(32)5-3-18-4-6-24(33)31(21)26(18)30/h3-6,12-13,20-21,28H,1-2,7-11,14-16H2/t21-/m1/s1. The van der Waals surface area contributed by atoms with Crippen LogP contribution in [0.2, 0.25) is 0 Å². The zero-order valence-electron chi connectivity index (χ0n) is 19.1. The molecule has 6 rings (SSSR count). The van der Waals surface area contributed by atoms with Crippen molar-refractivity contribution < 1.29 is 9.13 Å². The van der Waals surface area contributed by atoms with Crippen molar-refractivity contribution in [3.05, 3.63) is 74.0 Å². The summed E-state index contributed by atoms with van der Waals surface area (Å²) in [6, 6.07) is 10.8. The Bertz CT molecular complexity index is 1350. The van der Waals surface area contributed by atoms with Crippen molar-refractivity contribution in [2.75, 3.05) is 26.2 Å². The molecular weight excluding hydrogens is 435 g/mol. The predicted molar refractivity (Wildman–Crippen MR) is 128 cm³/mol. The van der Waals surface area contributed by atoms with E-state index in [9.17, 15) is 14.0 Å². The number of halogens is 1. The lowest BCUT2D eigenvalue weighted by Gasteiger charge is -2.34. The number of pyridine rings is 2. The van der Waals surface area contributed by atoms with Crippen LogP contribution in [0.1, 0.15) is 36.4 Å². The largest absolute Gasteiger partial charge is 0.490 e. The van der Waals surface area contributed by atoms with E-state index in [0.717, 1.165) is 67.5 Å². The first-order chi connectivity index (χ1) is 16.6. The SMILES string of the molecule is O=c1ccc2ccc(=O)n3c2n1C[C@H]3CN1CCC(NCc2cc(F)c3c(c2)CCCO3)CC1. The van der Waals surface area contributed by atoms with Crippen LogP contribution in [-0.2, 0) is 19.5 Å². The lowest BCUT2D eigenvalue weighted by Crippen LogP contribution is -2.44. The van der Waals surface area contributed by atoms with Gasteiger partial charge in [-0.05, 0) is 68.1 Å². The summed E-state index contributed by atoms with van der Waals surface area (Å²) in [5, 5.41) is 4.52. The quantitative estimate of drug-likeness (QED) is 0.628. The molecule has 178 valence electrons. The molecule has 3 aromatic rings. The van der Waals surface area contributed by atoms with Crippen molar-refractivity contribution in [3.8, 4) is 5.75 Å². The van der Waals surface area contributed by atoms with Gasteiger partial charge in [0.1, 0.15) is 5.65 Å². The number of piperidine rings is 1. The van der Waals surface area contributed by atoms with Gasteiger partial charge in [-0.15, -0.1) is 0 Å². The van der Waals surface area contributed by atoms with Crippen LogP contribution in [0.15, 0.2) is 46.0 Å². The van der Waals surface area contributed by atoms with Crippen molar-refractivity contribution in [2.24, 2.45) is 0 Å². The fourth-order valence-electron chi connectivity index (χ4n) is 5.77. The van der Waals surface area contributed by atoms with Crippen molar-refractivity contribution in [1.82, 2.24) is 19.4 Å². The highest BCUT2D eigenvalue weighted by Crippen LogP contribution is 2.29. The number of ether oxygens (including phenoxy) is 1. The number of nitrogens with one attached hydrogen (secondary N) is 1. The van der Waals surface area contributed by atoms with Gasteiger partial charge in [0.2, 0.25) is 0 Å². The number of fused-ring (bicyclic) bond motifs is 1. The first kappa shape index (κ1) is 21.6. The molecule has 0 saturated carbocycles.